The number of carbonyl (C=O) groups is 1. The average Bonchev–Trinajstić information content (AvgIpc) is 2.96. The molecule has 0 aliphatic carbocycles. The first-order chi connectivity index (χ1) is 13.7. The summed E-state index contributed by atoms with van der Waals surface area (Å²) in [5, 5.41) is 2.67. The van der Waals surface area contributed by atoms with Gasteiger partial charge in [0.25, 0.3) is 11.8 Å². The van der Waals surface area contributed by atoms with Crippen LogP contribution in [-0.2, 0) is 27.9 Å². The molecule has 1 amide bonds. The van der Waals surface area contributed by atoms with E-state index in [0.29, 0.717) is 11.3 Å². The lowest BCUT2D eigenvalue weighted by molar-refractivity contribution is 0.0175. The molecular weight excluding hydrogens is 412 g/mol. The number of nitrogens with one attached hydrogen (secondary N) is 2. The smallest absolute Gasteiger partial charge is 0.270 e. The second-order valence-corrected chi connectivity index (χ2v) is 10.4. The van der Waals surface area contributed by atoms with Crippen LogP contribution in [0.5, 0.6) is 0 Å². The van der Waals surface area contributed by atoms with E-state index in [9.17, 15) is 22.0 Å². The topological polar surface area (TPSA) is 80.2 Å². The Balaban J connectivity index is 2.38. The highest BCUT2D eigenvalue weighted by molar-refractivity contribution is 7.89. The number of halogens is 2. The van der Waals surface area contributed by atoms with Crippen LogP contribution in [0.4, 0.5) is 14.5 Å². The highest BCUT2D eigenvalue weighted by Crippen LogP contribution is 2.30. The van der Waals surface area contributed by atoms with Crippen LogP contribution >= 0.6 is 0 Å². The Morgan fingerprint density at radius 3 is 2.30 bits per heavy atom. The number of rotatable bonds is 7. The molecular formula is C21H29F2N3O3S. The van der Waals surface area contributed by atoms with Gasteiger partial charge >= 0.3 is 0 Å². The third-order valence-electron chi connectivity index (χ3n) is 4.90. The Labute approximate surface area is 176 Å². The molecule has 0 saturated carbocycles. The minimum atomic E-state index is -3.42. The number of hydrogen-bond donors (Lipinski definition) is 2. The van der Waals surface area contributed by atoms with Crippen LogP contribution in [0.2, 0.25) is 0 Å². The standard InChI is InChI=1S/C21H29F2N3O3S/c1-14-17(19(27)25-16-9-7-8-15(12-16)21(5,22)23)13-18(20(2,3)4)26(14)10-11-30(28,29)24-6/h7-9,12-13,24H,10-11H2,1-6H3,(H,25,27). The number of hydrogen-bond acceptors (Lipinski definition) is 3. The van der Waals surface area contributed by atoms with Crippen LogP contribution in [-0.4, -0.2) is 31.7 Å². The molecule has 0 atom stereocenters. The van der Waals surface area contributed by atoms with Gasteiger partial charge in [-0.1, -0.05) is 32.9 Å². The van der Waals surface area contributed by atoms with E-state index in [1.165, 1.54) is 25.2 Å². The van der Waals surface area contributed by atoms with Crippen molar-refractivity contribution in [1.29, 1.82) is 0 Å². The maximum Gasteiger partial charge on any atom is 0.270 e. The molecule has 1 heterocycles. The van der Waals surface area contributed by atoms with E-state index >= 15 is 0 Å². The maximum atomic E-state index is 13.6. The first kappa shape index (κ1) is 24.0. The summed E-state index contributed by atoms with van der Waals surface area (Å²) in [5.41, 5.74) is 1.53. The van der Waals surface area contributed by atoms with Crippen LogP contribution in [0.25, 0.3) is 0 Å². The highest BCUT2D eigenvalue weighted by Gasteiger charge is 2.27. The molecule has 0 bridgehead atoms. The van der Waals surface area contributed by atoms with Gasteiger partial charge in [0.1, 0.15) is 0 Å². The molecule has 0 spiro atoms. The number of aromatic nitrogens is 1. The molecule has 30 heavy (non-hydrogen) atoms. The lowest BCUT2D eigenvalue weighted by atomic mass is 9.92. The Bertz CT molecular complexity index is 1030. The molecule has 2 rings (SSSR count). The molecule has 1 aromatic carbocycles. The van der Waals surface area contributed by atoms with E-state index in [1.807, 2.05) is 25.3 Å². The molecule has 1 aromatic heterocycles. The number of anilines is 1. The second-order valence-electron chi connectivity index (χ2n) is 8.38. The summed E-state index contributed by atoms with van der Waals surface area (Å²) in [6.07, 6.45) is 0. The molecule has 0 saturated heterocycles. The van der Waals surface area contributed by atoms with Gasteiger partial charge in [-0.05, 0) is 32.2 Å². The molecule has 2 N–H and O–H groups in total. The summed E-state index contributed by atoms with van der Waals surface area (Å²) in [5.74, 6) is -3.58. The van der Waals surface area contributed by atoms with Crippen LogP contribution in [0.1, 0.15) is 55.0 Å². The van der Waals surface area contributed by atoms with Crippen molar-refractivity contribution in [3.8, 4) is 0 Å². The fourth-order valence-electron chi connectivity index (χ4n) is 3.17. The maximum absolute atomic E-state index is 13.6. The minimum Gasteiger partial charge on any atom is -0.346 e. The van der Waals surface area contributed by atoms with Crippen molar-refractivity contribution in [2.24, 2.45) is 0 Å². The van der Waals surface area contributed by atoms with Gasteiger partial charge in [-0.2, -0.15) is 0 Å². The van der Waals surface area contributed by atoms with Crippen molar-refractivity contribution < 1.29 is 22.0 Å². The zero-order valence-corrected chi connectivity index (χ0v) is 19.0. The van der Waals surface area contributed by atoms with Gasteiger partial charge in [0.2, 0.25) is 10.0 Å². The Kier molecular flexibility index (Phi) is 6.78. The first-order valence-corrected chi connectivity index (χ1v) is 11.2. The number of nitrogens with zero attached hydrogens (tertiary/aromatic N) is 1. The fraction of sp³-hybridized carbons (Fsp3) is 0.476. The van der Waals surface area contributed by atoms with Gasteiger partial charge in [-0.15, -0.1) is 0 Å². The van der Waals surface area contributed by atoms with Gasteiger partial charge in [0, 0.05) is 41.5 Å². The van der Waals surface area contributed by atoms with E-state index < -0.39 is 21.9 Å². The van der Waals surface area contributed by atoms with E-state index in [1.54, 1.807) is 19.1 Å². The van der Waals surface area contributed by atoms with Crippen LogP contribution in [0, 0.1) is 6.92 Å². The summed E-state index contributed by atoms with van der Waals surface area (Å²) in [4.78, 5) is 12.9. The van der Waals surface area contributed by atoms with E-state index in [4.69, 9.17) is 0 Å². The summed E-state index contributed by atoms with van der Waals surface area (Å²) in [6, 6.07) is 7.29. The summed E-state index contributed by atoms with van der Waals surface area (Å²) >= 11 is 0. The molecule has 0 aliphatic rings. The molecule has 2 aromatic rings. The quantitative estimate of drug-likeness (QED) is 0.681. The molecule has 6 nitrogen and oxygen atoms in total. The monoisotopic (exact) mass is 441 g/mol. The Hall–Kier alpha value is -2.26. The van der Waals surface area contributed by atoms with Crippen molar-refractivity contribution in [2.45, 2.75) is 52.5 Å². The Morgan fingerprint density at radius 1 is 1.13 bits per heavy atom. The van der Waals surface area contributed by atoms with Crippen LogP contribution in [0.3, 0.4) is 0 Å². The molecule has 166 valence electrons. The normalized spacial score (nSPS) is 12.8. The highest BCUT2D eigenvalue weighted by atomic mass is 32.2. The van der Waals surface area contributed by atoms with Crippen molar-refractivity contribution in [3.05, 3.63) is 52.8 Å². The zero-order chi connectivity index (χ0) is 22.9. The van der Waals surface area contributed by atoms with Gasteiger partial charge in [-0.3, -0.25) is 4.79 Å². The predicted molar refractivity (Wildman–Crippen MR) is 115 cm³/mol. The van der Waals surface area contributed by atoms with Gasteiger partial charge in [-0.25, -0.2) is 21.9 Å². The zero-order valence-electron chi connectivity index (χ0n) is 18.1. The van der Waals surface area contributed by atoms with Crippen LogP contribution < -0.4 is 10.0 Å². The average molecular weight is 442 g/mol. The van der Waals surface area contributed by atoms with Gasteiger partial charge in [0.15, 0.2) is 0 Å². The second kappa shape index (κ2) is 8.47. The van der Waals surface area contributed by atoms with Crippen molar-refractivity contribution in [3.63, 3.8) is 0 Å². The van der Waals surface area contributed by atoms with Crippen molar-refractivity contribution >= 4 is 21.6 Å². The van der Waals surface area contributed by atoms with Gasteiger partial charge < -0.3 is 9.88 Å². The lowest BCUT2D eigenvalue weighted by Gasteiger charge is -2.22. The summed E-state index contributed by atoms with van der Waals surface area (Å²) in [7, 11) is -2.06. The van der Waals surface area contributed by atoms with Gasteiger partial charge in [0.05, 0.1) is 11.3 Å². The first-order valence-electron chi connectivity index (χ1n) is 9.57. The van der Waals surface area contributed by atoms with E-state index in [0.717, 1.165) is 12.6 Å². The molecule has 0 aliphatic heterocycles. The fourth-order valence-corrected chi connectivity index (χ4v) is 3.79. The SMILES string of the molecule is CNS(=O)(=O)CCn1c(C(C)(C)C)cc(C(=O)Nc2cccc(C(C)(F)F)c2)c1C. The summed E-state index contributed by atoms with van der Waals surface area (Å²) < 4.78 is 55.0. The van der Waals surface area contributed by atoms with E-state index in [2.05, 4.69) is 10.0 Å². The third-order valence-corrected chi connectivity index (χ3v) is 6.24. The summed E-state index contributed by atoms with van der Waals surface area (Å²) in [6.45, 7) is 8.64. The number of amides is 1. The number of sulfonamides is 1. The third kappa shape index (κ3) is 5.66. The minimum absolute atomic E-state index is 0.128. The van der Waals surface area contributed by atoms with Crippen LogP contribution in [0.15, 0.2) is 30.3 Å². The predicted octanol–water partition coefficient (Wildman–Crippen LogP) is 4.01. The number of alkyl halides is 2. The lowest BCUT2D eigenvalue weighted by Crippen LogP contribution is -2.27. The van der Waals surface area contributed by atoms with Crippen molar-refractivity contribution in [2.75, 3.05) is 18.1 Å². The van der Waals surface area contributed by atoms with E-state index in [-0.39, 0.29) is 29.0 Å². The molecule has 0 fully saturated rings. The van der Waals surface area contributed by atoms with Crippen molar-refractivity contribution in [1.82, 2.24) is 9.29 Å². The number of benzene rings is 1. The number of carbonyl (C=O) groups excluding carboxylic acids is 1. The Morgan fingerprint density at radius 2 is 1.77 bits per heavy atom. The largest absolute Gasteiger partial charge is 0.346 e. The molecule has 0 radical (unpaired) electrons. The molecule has 0 unspecified atom stereocenters. The molecule has 9 heteroatoms.